The molecule has 1 aliphatic rings. The third-order valence-electron chi connectivity index (χ3n) is 7.22. The number of likely N-dealkylation sites (tertiary alicyclic amines) is 1. The Morgan fingerprint density at radius 1 is 0.951 bits per heavy atom. The highest BCUT2D eigenvalue weighted by Crippen LogP contribution is 2.40. The number of aliphatic hydroxyl groups excluding tert-OH is 1. The molecule has 3 rings (SSSR count). The van der Waals surface area contributed by atoms with E-state index in [0.717, 1.165) is 5.56 Å². The van der Waals surface area contributed by atoms with Crippen molar-refractivity contribution in [2.45, 2.75) is 43.6 Å². The molecule has 0 spiro atoms. The van der Waals surface area contributed by atoms with Crippen LogP contribution in [0.4, 0.5) is 31.1 Å². The number of amides is 3. The maximum absolute atomic E-state index is 13.8. The molecule has 226 valence electrons. The Morgan fingerprint density at radius 3 is 2.05 bits per heavy atom. The predicted octanol–water partition coefficient (Wildman–Crippen LogP) is 4.65. The van der Waals surface area contributed by atoms with Gasteiger partial charge in [-0.05, 0) is 43.2 Å². The fourth-order valence-corrected chi connectivity index (χ4v) is 4.91. The van der Waals surface area contributed by atoms with E-state index in [-0.39, 0.29) is 51.4 Å². The number of hydrogen-bond donors (Lipinski definition) is 2. The van der Waals surface area contributed by atoms with Crippen molar-refractivity contribution in [2.75, 3.05) is 46.5 Å². The van der Waals surface area contributed by atoms with E-state index in [1.807, 2.05) is 12.1 Å². The molecular formula is C28H33F6N3O4. The molecule has 2 N–H and O–H groups in total. The minimum Gasteiger partial charge on any atom is -0.394 e. The van der Waals surface area contributed by atoms with Crippen molar-refractivity contribution in [1.82, 2.24) is 15.1 Å². The lowest BCUT2D eigenvalue weighted by atomic mass is 9.80. The number of hydrogen-bond acceptors (Lipinski definition) is 4. The van der Waals surface area contributed by atoms with Crippen LogP contribution >= 0.6 is 0 Å². The summed E-state index contributed by atoms with van der Waals surface area (Å²) in [6, 6.07) is 9.17. The monoisotopic (exact) mass is 589 g/mol. The van der Waals surface area contributed by atoms with Gasteiger partial charge in [-0.1, -0.05) is 30.3 Å². The molecule has 1 heterocycles. The molecular weight excluding hydrogens is 556 g/mol. The van der Waals surface area contributed by atoms with Gasteiger partial charge in [-0.15, -0.1) is 0 Å². The molecule has 1 aliphatic heterocycles. The van der Waals surface area contributed by atoms with E-state index in [9.17, 15) is 35.9 Å². The second kappa shape index (κ2) is 12.7. The van der Waals surface area contributed by atoms with Crippen LogP contribution in [-0.2, 0) is 27.3 Å². The van der Waals surface area contributed by atoms with Gasteiger partial charge < -0.3 is 25.0 Å². The third-order valence-corrected chi connectivity index (χ3v) is 7.22. The molecule has 2 unspecified atom stereocenters. The first kappa shape index (κ1) is 32.2. The number of halogens is 6. The van der Waals surface area contributed by atoms with Gasteiger partial charge in [0.1, 0.15) is 0 Å². The number of benzene rings is 2. The zero-order valence-electron chi connectivity index (χ0n) is 22.9. The Labute approximate surface area is 234 Å². The number of ether oxygens (including phenoxy) is 1. The maximum Gasteiger partial charge on any atom is 0.416 e. The van der Waals surface area contributed by atoms with Gasteiger partial charge in [0, 0.05) is 32.6 Å². The highest BCUT2D eigenvalue weighted by molar-refractivity contribution is 5.88. The van der Waals surface area contributed by atoms with Gasteiger partial charge in [-0.25, -0.2) is 4.79 Å². The summed E-state index contributed by atoms with van der Waals surface area (Å²) in [5.74, 6) is -1.07. The molecule has 7 nitrogen and oxygen atoms in total. The largest absolute Gasteiger partial charge is 0.416 e. The number of likely N-dealkylation sites (N-methyl/N-ethyl adjacent to an activating group) is 1. The molecule has 41 heavy (non-hydrogen) atoms. The normalized spacial score (nSPS) is 18.0. The van der Waals surface area contributed by atoms with Crippen molar-refractivity contribution >= 4 is 11.9 Å². The number of aliphatic hydroxyl groups is 1. The van der Waals surface area contributed by atoms with Crippen LogP contribution < -0.4 is 5.32 Å². The second-order valence-corrected chi connectivity index (χ2v) is 10.4. The van der Waals surface area contributed by atoms with E-state index in [4.69, 9.17) is 9.84 Å². The van der Waals surface area contributed by atoms with Crippen molar-refractivity contribution in [2.24, 2.45) is 0 Å². The van der Waals surface area contributed by atoms with Crippen molar-refractivity contribution in [3.05, 3.63) is 70.8 Å². The highest BCUT2D eigenvalue weighted by Gasteiger charge is 2.45. The smallest absolute Gasteiger partial charge is 0.394 e. The molecule has 0 aromatic heterocycles. The molecule has 13 heteroatoms. The van der Waals surface area contributed by atoms with Gasteiger partial charge in [-0.2, -0.15) is 26.3 Å². The van der Waals surface area contributed by atoms with Crippen LogP contribution in [-0.4, -0.2) is 79.4 Å². The first-order valence-electron chi connectivity index (χ1n) is 12.9. The van der Waals surface area contributed by atoms with Crippen LogP contribution in [0.3, 0.4) is 0 Å². The Morgan fingerprint density at radius 2 is 1.51 bits per heavy atom. The van der Waals surface area contributed by atoms with Crippen molar-refractivity contribution in [1.29, 1.82) is 0 Å². The number of alkyl halides is 6. The molecule has 0 radical (unpaired) electrons. The predicted molar refractivity (Wildman–Crippen MR) is 138 cm³/mol. The fourth-order valence-electron chi connectivity index (χ4n) is 4.91. The summed E-state index contributed by atoms with van der Waals surface area (Å²) in [5, 5.41) is 11.5. The Bertz CT molecular complexity index is 1170. The number of nitrogens with zero attached hydrogens (tertiary/aromatic N) is 2. The standard InChI is InChI=1S/C28H33F6N3O4/c1-26(2,19-13-20(27(29,30)31)15-21(14-19)28(32,33)34)24(39)36(3)23-17-37(25(40)35-9-11-41-12-10-38)16-22(23)18-7-5-4-6-8-18/h4-8,13-15,22-23,38H,9-12,16-17H2,1-3H3,(H,35,40). The first-order valence-corrected chi connectivity index (χ1v) is 12.9. The van der Waals surface area contributed by atoms with Gasteiger partial charge in [-0.3, -0.25) is 4.79 Å². The average molecular weight is 590 g/mol. The van der Waals surface area contributed by atoms with Gasteiger partial charge in [0.2, 0.25) is 5.91 Å². The van der Waals surface area contributed by atoms with Crippen LogP contribution in [0.5, 0.6) is 0 Å². The van der Waals surface area contributed by atoms with Crippen LogP contribution in [0.1, 0.15) is 42.0 Å². The van der Waals surface area contributed by atoms with Crippen LogP contribution in [0.25, 0.3) is 0 Å². The molecule has 2 aromatic rings. The zero-order chi connectivity index (χ0) is 30.6. The van der Waals surface area contributed by atoms with E-state index < -0.39 is 52.4 Å². The molecule has 2 atom stereocenters. The number of nitrogens with one attached hydrogen (secondary N) is 1. The molecule has 1 saturated heterocycles. The Kier molecular flexibility index (Phi) is 9.96. The van der Waals surface area contributed by atoms with E-state index in [1.54, 1.807) is 18.2 Å². The minimum absolute atomic E-state index is 0.0293. The summed E-state index contributed by atoms with van der Waals surface area (Å²) in [7, 11) is 1.44. The summed E-state index contributed by atoms with van der Waals surface area (Å²) >= 11 is 0. The van der Waals surface area contributed by atoms with Crippen LogP contribution in [0.2, 0.25) is 0 Å². The van der Waals surface area contributed by atoms with Crippen LogP contribution in [0.15, 0.2) is 48.5 Å². The highest BCUT2D eigenvalue weighted by atomic mass is 19.4. The average Bonchev–Trinajstić information content (AvgIpc) is 3.37. The van der Waals surface area contributed by atoms with Crippen molar-refractivity contribution in [3.63, 3.8) is 0 Å². The van der Waals surface area contributed by atoms with E-state index in [1.165, 1.54) is 30.7 Å². The summed E-state index contributed by atoms with van der Waals surface area (Å²) in [6.45, 7) is 3.18. The summed E-state index contributed by atoms with van der Waals surface area (Å²) in [4.78, 5) is 29.5. The molecule has 1 fully saturated rings. The Balaban J connectivity index is 1.90. The summed E-state index contributed by atoms with van der Waals surface area (Å²) in [6.07, 6.45) is -10.1. The summed E-state index contributed by atoms with van der Waals surface area (Å²) < 4.78 is 86.2. The molecule has 0 aliphatic carbocycles. The topological polar surface area (TPSA) is 82.1 Å². The van der Waals surface area contributed by atoms with E-state index in [0.29, 0.717) is 12.1 Å². The van der Waals surface area contributed by atoms with Crippen LogP contribution in [0, 0.1) is 0 Å². The Hall–Kier alpha value is -3.32. The number of rotatable bonds is 9. The zero-order valence-corrected chi connectivity index (χ0v) is 22.9. The summed E-state index contributed by atoms with van der Waals surface area (Å²) in [5.41, 5.74) is -4.38. The maximum atomic E-state index is 13.8. The first-order chi connectivity index (χ1) is 19.1. The lowest BCUT2D eigenvalue weighted by Crippen LogP contribution is -2.49. The quantitative estimate of drug-likeness (QED) is 0.330. The molecule has 3 amide bonds. The number of urea groups is 1. The van der Waals surface area contributed by atoms with E-state index in [2.05, 4.69) is 5.32 Å². The SMILES string of the molecule is CN(C(=O)C(C)(C)c1cc(C(F)(F)F)cc(C(F)(F)F)c1)C1CN(C(=O)NCCOCCO)CC1c1ccccc1. The van der Waals surface area contributed by atoms with E-state index >= 15 is 0 Å². The number of carbonyl (C=O) groups excluding carboxylic acids is 2. The minimum atomic E-state index is -5.05. The van der Waals surface area contributed by atoms with Gasteiger partial charge in [0.05, 0.1) is 42.4 Å². The van der Waals surface area contributed by atoms with Gasteiger partial charge in [0.15, 0.2) is 0 Å². The molecule has 0 bridgehead atoms. The molecule has 2 aromatic carbocycles. The lowest BCUT2D eigenvalue weighted by molar-refractivity contribution is -0.144. The van der Waals surface area contributed by atoms with Gasteiger partial charge in [0.25, 0.3) is 0 Å². The molecule has 0 saturated carbocycles. The second-order valence-electron chi connectivity index (χ2n) is 10.4. The van der Waals surface area contributed by atoms with Gasteiger partial charge >= 0.3 is 18.4 Å². The van der Waals surface area contributed by atoms with Crippen molar-refractivity contribution in [3.8, 4) is 0 Å². The lowest BCUT2D eigenvalue weighted by Gasteiger charge is -2.36. The fraction of sp³-hybridized carbons (Fsp3) is 0.500. The third kappa shape index (κ3) is 7.70. The van der Waals surface area contributed by atoms with Crippen molar-refractivity contribution < 1.29 is 45.8 Å². The number of carbonyl (C=O) groups is 2.